The number of rotatable bonds is 8. The SMILES string of the molecule is CCOC(=O)c1cccnc1NC[C@H](c1ccc(OC)cc1)N(C)C. The van der Waals surface area contributed by atoms with Gasteiger partial charge in [0.15, 0.2) is 0 Å². The highest BCUT2D eigenvalue weighted by Gasteiger charge is 2.17. The average molecular weight is 343 g/mol. The fraction of sp³-hybridized carbons (Fsp3) is 0.368. The van der Waals surface area contributed by atoms with Crippen molar-refractivity contribution >= 4 is 11.8 Å². The molecule has 134 valence electrons. The first-order valence-electron chi connectivity index (χ1n) is 8.23. The van der Waals surface area contributed by atoms with Crippen molar-refractivity contribution < 1.29 is 14.3 Å². The van der Waals surface area contributed by atoms with Gasteiger partial charge in [-0.3, -0.25) is 0 Å². The van der Waals surface area contributed by atoms with Crippen LogP contribution in [0, 0.1) is 0 Å². The predicted molar refractivity (Wildman–Crippen MR) is 98.1 cm³/mol. The predicted octanol–water partition coefficient (Wildman–Crippen LogP) is 2.98. The maximum Gasteiger partial charge on any atom is 0.341 e. The van der Waals surface area contributed by atoms with Crippen LogP contribution < -0.4 is 10.1 Å². The van der Waals surface area contributed by atoms with Gasteiger partial charge in [0.05, 0.1) is 19.8 Å². The fourth-order valence-corrected chi connectivity index (χ4v) is 2.54. The van der Waals surface area contributed by atoms with Crippen LogP contribution in [0.1, 0.15) is 28.9 Å². The van der Waals surface area contributed by atoms with Crippen molar-refractivity contribution in [2.45, 2.75) is 13.0 Å². The molecule has 1 aromatic heterocycles. The van der Waals surface area contributed by atoms with Gasteiger partial charge in [0.25, 0.3) is 0 Å². The molecule has 0 radical (unpaired) electrons. The lowest BCUT2D eigenvalue weighted by Crippen LogP contribution is -2.27. The van der Waals surface area contributed by atoms with Crippen molar-refractivity contribution in [3.8, 4) is 5.75 Å². The summed E-state index contributed by atoms with van der Waals surface area (Å²) in [5.74, 6) is 0.980. The molecule has 0 saturated heterocycles. The minimum Gasteiger partial charge on any atom is -0.497 e. The summed E-state index contributed by atoms with van der Waals surface area (Å²) in [7, 11) is 5.68. The summed E-state index contributed by atoms with van der Waals surface area (Å²) < 4.78 is 10.3. The Balaban J connectivity index is 2.15. The van der Waals surface area contributed by atoms with Gasteiger partial charge in [-0.2, -0.15) is 0 Å². The van der Waals surface area contributed by atoms with Gasteiger partial charge in [-0.15, -0.1) is 0 Å². The summed E-state index contributed by atoms with van der Waals surface area (Å²) in [6, 6.07) is 11.5. The number of hydrogen-bond donors (Lipinski definition) is 1. The Morgan fingerprint density at radius 3 is 2.56 bits per heavy atom. The van der Waals surface area contributed by atoms with E-state index in [0.29, 0.717) is 24.5 Å². The number of nitrogens with one attached hydrogen (secondary N) is 1. The number of carbonyl (C=O) groups excluding carboxylic acids is 1. The molecule has 25 heavy (non-hydrogen) atoms. The van der Waals surface area contributed by atoms with E-state index in [9.17, 15) is 4.79 Å². The largest absolute Gasteiger partial charge is 0.497 e. The van der Waals surface area contributed by atoms with E-state index in [1.807, 2.05) is 38.4 Å². The number of hydrogen-bond acceptors (Lipinski definition) is 6. The molecule has 2 rings (SSSR count). The van der Waals surface area contributed by atoms with Gasteiger partial charge in [-0.25, -0.2) is 9.78 Å². The maximum atomic E-state index is 12.1. The Morgan fingerprint density at radius 1 is 1.24 bits per heavy atom. The van der Waals surface area contributed by atoms with Gasteiger partial charge >= 0.3 is 5.97 Å². The van der Waals surface area contributed by atoms with Crippen LogP contribution >= 0.6 is 0 Å². The monoisotopic (exact) mass is 343 g/mol. The number of anilines is 1. The summed E-state index contributed by atoms with van der Waals surface area (Å²) in [6.45, 7) is 2.72. The molecule has 1 aromatic carbocycles. The molecule has 2 aromatic rings. The molecule has 6 nitrogen and oxygen atoms in total. The van der Waals surface area contributed by atoms with Gasteiger partial charge in [0.2, 0.25) is 0 Å². The zero-order valence-electron chi connectivity index (χ0n) is 15.2. The molecule has 0 spiro atoms. The first-order chi connectivity index (χ1) is 12.1. The van der Waals surface area contributed by atoms with Crippen LogP contribution in [0.4, 0.5) is 5.82 Å². The second-order valence-electron chi connectivity index (χ2n) is 5.75. The van der Waals surface area contributed by atoms with Crippen LogP contribution in [0.25, 0.3) is 0 Å². The Morgan fingerprint density at radius 2 is 1.96 bits per heavy atom. The highest BCUT2D eigenvalue weighted by atomic mass is 16.5. The van der Waals surface area contributed by atoms with E-state index in [1.54, 1.807) is 32.4 Å². The van der Waals surface area contributed by atoms with Crippen LogP contribution in [0.5, 0.6) is 5.75 Å². The number of pyridine rings is 1. The summed E-state index contributed by atoms with van der Waals surface area (Å²) in [4.78, 5) is 18.5. The third-order valence-corrected chi connectivity index (χ3v) is 3.89. The van der Waals surface area contributed by atoms with E-state index in [-0.39, 0.29) is 12.0 Å². The molecule has 0 aliphatic carbocycles. The summed E-state index contributed by atoms with van der Waals surface area (Å²) in [5, 5.41) is 3.28. The Hall–Kier alpha value is -2.60. The third-order valence-electron chi connectivity index (χ3n) is 3.89. The molecule has 0 amide bonds. The molecule has 0 aliphatic heterocycles. The van der Waals surface area contributed by atoms with E-state index >= 15 is 0 Å². The second kappa shape index (κ2) is 9.03. The van der Waals surface area contributed by atoms with Crippen LogP contribution in [-0.4, -0.2) is 50.2 Å². The van der Waals surface area contributed by atoms with E-state index in [2.05, 4.69) is 15.2 Å². The van der Waals surface area contributed by atoms with Crippen LogP contribution in [0.2, 0.25) is 0 Å². The lowest BCUT2D eigenvalue weighted by molar-refractivity contribution is 0.0527. The van der Waals surface area contributed by atoms with Crippen molar-refractivity contribution in [1.82, 2.24) is 9.88 Å². The van der Waals surface area contributed by atoms with Crippen LogP contribution in [0.15, 0.2) is 42.6 Å². The Kier molecular flexibility index (Phi) is 6.77. The molecule has 0 saturated carbocycles. The third kappa shape index (κ3) is 4.93. The van der Waals surface area contributed by atoms with Gasteiger partial charge < -0.3 is 19.7 Å². The molecule has 0 fully saturated rings. The van der Waals surface area contributed by atoms with E-state index in [1.165, 1.54) is 0 Å². The smallest absolute Gasteiger partial charge is 0.341 e. The van der Waals surface area contributed by atoms with Crippen molar-refractivity contribution in [2.24, 2.45) is 0 Å². The number of likely N-dealkylation sites (N-methyl/N-ethyl adjacent to an activating group) is 1. The number of nitrogens with zero attached hydrogens (tertiary/aromatic N) is 2. The number of esters is 1. The molecule has 0 bridgehead atoms. The van der Waals surface area contributed by atoms with Gasteiger partial charge in [0.1, 0.15) is 17.1 Å². The minimum atomic E-state index is -0.371. The molecular weight excluding hydrogens is 318 g/mol. The quantitative estimate of drug-likeness (QED) is 0.744. The summed E-state index contributed by atoms with van der Waals surface area (Å²) in [5.41, 5.74) is 1.59. The first-order valence-corrected chi connectivity index (χ1v) is 8.23. The number of carbonyl (C=O) groups is 1. The van der Waals surface area contributed by atoms with Crippen molar-refractivity contribution in [3.63, 3.8) is 0 Å². The van der Waals surface area contributed by atoms with Gasteiger partial charge in [-0.05, 0) is 50.8 Å². The molecular formula is C19H25N3O3. The number of methoxy groups -OCH3 is 1. The lowest BCUT2D eigenvalue weighted by atomic mass is 10.1. The molecule has 0 aliphatic rings. The lowest BCUT2D eigenvalue weighted by Gasteiger charge is -2.26. The van der Waals surface area contributed by atoms with E-state index in [4.69, 9.17) is 9.47 Å². The molecule has 1 N–H and O–H groups in total. The van der Waals surface area contributed by atoms with Crippen molar-refractivity contribution in [1.29, 1.82) is 0 Å². The molecule has 6 heteroatoms. The first kappa shape index (κ1) is 18.7. The van der Waals surface area contributed by atoms with Crippen LogP contribution in [-0.2, 0) is 4.74 Å². The molecule has 0 unspecified atom stereocenters. The minimum absolute atomic E-state index is 0.114. The Bertz CT molecular complexity index is 687. The number of ether oxygens (including phenoxy) is 2. The topological polar surface area (TPSA) is 63.7 Å². The summed E-state index contributed by atoms with van der Waals surface area (Å²) >= 11 is 0. The van der Waals surface area contributed by atoms with E-state index in [0.717, 1.165) is 11.3 Å². The average Bonchev–Trinajstić information content (AvgIpc) is 2.62. The zero-order valence-corrected chi connectivity index (χ0v) is 15.2. The second-order valence-corrected chi connectivity index (χ2v) is 5.75. The number of aromatic nitrogens is 1. The standard InChI is InChI=1S/C19H25N3O3/c1-5-25-19(23)16-7-6-12-20-18(16)21-13-17(22(2)3)14-8-10-15(24-4)11-9-14/h6-12,17H,5,13H2,1-4H3,(H,20,21)/t17-/m1/s1. The fourth-order valence-electron chi connectivity index (χ4n) is 2.54. The normalized spacial score (nSPS) is 11.9. The highest BCUT2D eigenvalue weighted by molar-refractivity contribution is 5.94. The van der Waals surface area contributed by atoms with Crippen molar-refractivity contribution in [2.75, 3.05) is 39.7 Å². The molecule has 1 atom stereocenters. The van der Waals surface area contributed by atoms with Gasteiger partial charge in [-0.1, -0.05) is 12.1 Å². The Labute approximate surface area is 148 Å². The maximum absolute atomic E-state index is 12.1. The van der Waals surface area contributed by atoms with E-state index < -0.39 is 0 Å². The number of benzene rings is 1. The van der Waals surface area contributed by atoms with Crippen LogP contribution in [0.3, 0.4) is 0 Å². The molecule has 1 heterocycles. The summed E-state index contributed by atoms with van der Waals surface area (Å²) in [6.07, 6.45) is 1.66. The van der Waals surface area contributed by atoms with Crippen molar-refractivity contribution in [3.05, 3.63) is 53.7 Å². The van der Waals surface area contributed by atoms with Gasteiger partial charge in [0, 0.05) is 12.7 Å². The zero-order chi connectivity index (χ0) is 18.2. The highest BCUT2D eigenvalue weighted by Crippen LogP contribution is 2.22.